The van der Waals surface area contributed by atoms with Crippen LogP contribution in [0.3, 0.4) is 0 Å². The molecule has 2 atom stereocenters. The van der Waals surface area contributed by atoms with E-state index in [-0.39, 0.29) is 11.9 Å². The first kappa shape index (κ1) is 14.1. The van der Waals surface area contributed by atoms with Crippen molar-refractivity contribution in [2.24, 2.45) is 11.7 Å². The number of nitrogens with zero attached hydrogens (tertiary/aromatic N) is 1. The van der Waals surface area contributed by atoms with Crippen LogP contribution in [0.4, 0.5) is 0 Å². The van der Waals surface area contributed by atoms with Gasteiger partial charge in [0.2, 0.25) is 5.91 Å². The quantitative estimate of drug-likeness (QED) is 0.900. The molecule has 1 aromatic rings. The molecule has 0 saturated carbocycles. The fraction of sp³-hybridized carbons (Fsp3) is 0.562. The Kier molecular flexibility index (Phi) is 4.59. The summed E-state index contributed by atoms with van der Waals surface area (Å²) in [6.45, 7) is 2.52. The van der Waals surface area contributed by atoms with E-state index in [1.165, 1.54) is 11.1 Å². The van der Waals surface area contributed by atoms with Gasteiger partial charge in [0, 0.05) is 26.1 Å². The average Bonchev–Trinajstić information content (AvgIpc) is 2.45. The summed E-state index contributed by atoms with van der Waals surface area (Å²) in [7, 11) is 1.86. The molecule has 104 valence electrons. The maximum absolute atomic E-state index is 12.2. The third-order valence-electron chi connectivity index (χ3n) is 4.31. The van der Waals surface area contributed by atoms with E-state index in [1.807, 2.05) is 14.0 Å². The molecule has 3 nitrogen and oxygen atoms in total. The van der Waals surface area contributed by atoms with Crippen LogP contribution in [0.1, 0.15) is 30.9 Å². The topological polar surface area (TPSA) is 46.3 Å². The highest BCUT2D eigenvalue weighted by molar-refractivity contribution is 5.76. The Hall–Kier alpha value is -1.35. The smallest absolute Gasteiger partial charge is 0.222 e. The Balaban J connectivity index is 1.93. The predicted octanol–water partition coefficient (Wildman–Crippen LogP) is 1.99. The Morgan fingerprint density at radius 3 is 2.79 bits per heavy atom. The van der Waals surface area contributed by atoms with Gasteiger partial charge in [-0.15, -0.1) is 0 Å². The first-order valence-electron chi connectivity index (χ1n) is 7.14. The predicted molar refractivity (Wildman–Crippen MR) is 77.9 cm³/mol. The lowest BCUT2D eigenvalue weighted by molar-refractivity contribution is -0.132. The van der Waals surface area contributed by atoms with Gasteiger partial charge in [0.1, 0.15) is 0 Å². The molecule has 0 aliphatic heterocycles. The van der Waals surface area contributed by atoms with E-state index in [2.05, 4.69) is 24.3 Å². The minimum Gasteiger partial charge on any atom is -0.342 e. The van der Waals surface area contributed by atoms with Crippen molar-refractivity contribution in [2.75, 3.05) is 13.6 Å². The number of carbonyl (C=O) groups excluding carboxylic acids is 1. The van der Waals surface area contributed by atoms with Crippen LogP contribution in [0.2, 0.25) is 0 Å². The number of benzene rings is 1. The number of hydrogen-bond donors (Lipinski definition) is 1. The molecule has 2 rings (SSSR count). The summed E-state index contributed by atoms with van der Waals surface area (Å²) in [6, 6.07) is 8.71. The Labute approximate surface area is 115 Å². The summed E-state index contributed by atoms with van der Waals surface area (Å²) < 4.78 is 0. The maximum Gasteiger partial charge on any atom is 0.222 e. The molecular weight excluding hydrogens is 236 g/mol. The highest BCUT2D eigenvalue weighted by Crippen LogP contribution is 2.27. The van der Waals surface area contributed by atoms with Gasteiger partial charge in [-0.05, 0) is 43.2 Å². The lowest BCUT2D eigenvalue weighted by atomic mass is 9.82. The number of hydrogen-bond acceptors (Lipinski definition) is 2. The van der Waals surface area contributed by atoms with Gasteiger partial charge < -0.3 is 10.6 Å². The van der Waals surface area contributed by atoms with Gasteiger partial charge in [0.05, 0.1) is 0 Å². The molecule has 1 amide bonds. The van der Waals surface area contributed by atoms with Crippen LogP contribution in [0.5, 0.6) is 0 Å². The number of nitrogens with two attached hydrogens (primary N) is 1. The summed E-state index contributed by atoms with van der Waals surface area (Å²) in [6.07, 6.45) is 3.90. The van der Waals surface area contributed by atoms with Gasteiger partial charge in [-0.2, -0.15) is 0 Å². The standard InChI is InChI=1S/C16H24N2O/c1-12(11-17)18(2)16(19)10-13-7-8-14-5-3-4-6-15(14)9-13/h3-6,12-13H,7-11,17H2,1-2H3. The number of aryl methyl sites for hydroxylation is 1. The third kappa shape index (κ3) is 3.35. The van der Waals surface area contributed by atoms with E-state index in [9.17, 15) is 4.79 Å². The largest absolute Gasteiger partial charge is 0.342 e. The van der Waals surface area contributed by atoms with Crippen molar-refractivity contribution < 1.29 is 4.79 Å². The van der Waals surface area contributed by atoms with E-state index in [1.54, 1.807) is 4.90 Å². The molecule has 2 unspecified atom stereocenters. The summed E-state index contributed by atoms with van der Waals surface area (Å²) in [5, 5.41) is 0. The SMILES string of the molecule is CC(CN)N(C)C(=O)CC1CCc2ccccc2C1. The van der Waals surface area contributed by atoms with Crippen LogP contribution in [-0.4, -0.2) is 30.4 Å². The number of fused-ring (bicyclic) bond motifs is 1. The van der Waals surface area contributed by atoms with Gasteiger partial charge in [-0.25, -0.2) is 0 Å². The second kappa shape index (κ2) is 6.20. The number of amides is 1. The Bertz CT molecular complexity index is 444. The highest BCUT2D eigenvalue weighted by Gasteiger charge is 2.23. The fourth-order valence-electron chi connectivity index (χ4n) is 2.74. The molecule has 2 N–H and O–H groups in total. The van der Waals surface area contributed by atoms with E-state index in [0.717, 1.165) is 19.3 Å². The van der Waals surface area contributed by atoms with Crippen LogP contribution >= 0.6 is 0 Å². The van der Waals surface area contributed by atoms with Crippen molar-refractivity contribution in [3.63, 3.8) is 0 Å². The Morgan fingerprint density at radius 1 is 1.42 bits per heavy atom. The van der Waals surface area contributed by atoms with Crippen molar-refractivity contribution >= 4 is 5.91 Å². The first-order valence-corrected chi connectivity index (χ1v) is 7.14. The molecule has 1 aliphatic rings. The molecule has 3 heteroatoms. The van der Waals surface area contributed by atoms with Gasteiger partial charge in [0.25, 0.3) is 0 Å². The van der Waals surface area contributed by atoms with Crippen LogP contribution in [0.15, 0.2) is 24.3 Å². The zero-order valence-corrected chi connectivity index (χ0v) is 11.9. The lowest BCUT2D eigenvalue weighted by Gasteiger charge is -2.28. The van der Waals surface area contributed by atoms with Crippen LogP contribution in [-0.2, 0) is 17.6 Å². The molecule has 0 heterocycles. The molecule has 0 radical (unpaired) electrons. The lowest BCUT2D eigenvalue weighted by Crippen LogP contribution is -2.40. The second-order valence-electron chi connectivity index (χ2n) is 5.67. The minimum absolute atomic E-state index is 0.128. The maximum atomic E-state index is 12.2. The van der Waals surface area contributed by atoms with Crippen LogP contribution < -0.4 is 5.73 Å². The summed E-state index contributed by atoms with van der Waals surface area (Å²) in [5.74, 6) is 0.706. The molecule has 1 aromatic carbocycles. The zero-order chi connectivity index (χ0) is 13.8. The average molecular weight is 260 g/mol. The second-order valence-corrected chi connectivity index (χ2v) is 5.67. The molecular formula is C16H24N2O. The number of likely N-dealkylation sites (N-methyl/N-ethyl adjacent to an activating group) is 1. The molecule has 0 saturated heterocycles. The van der Waals surface area contributed by atoms with Crippen molar-refractivity contribution in [2.45, 2.75) is 38.6 Å². The van der Waals surface area contributed by atoms with Crippen molar-refractivity contribution in [3.8, 4) is 0 Å². The fourth-order valence-corrected chi connectivity index (χ4v) is 2.74. The Morgan fingerprint density at radius 2 is 2.11 bits per heavy atom. The van der Waals surface area contributed by atoms with Crippen molar-refractivity contribution in [1.82, 2.24) is 4.90 Å². The van der Waals surface area contributed by atoms with E-state index >= 15 is 0 Å². The van der Waals surface area contributed by atoms with Gasteiger partial charge in [-0.3, -0.25) is 4.79 Å². The minimum atomic E-state index is 0.128. The van der Waals surface area contributed by atoms with Crippen LogP contribution in [0.25, 0.3) is 0 Å². The summed E-state index contributed by atoms with van der Waals surface area (Å²) in [4.78, 5) is 14.0. The van der Waals surface area contributed by atoms with Crippen molar-refractivity contribution in [1.29, 1.82) is 0 Å². The summed E-state index contributed by atoms with van der Waals surface area (Å²) in [5.41, 5.74) is 8.48. The highest BCUT2D eigenvalue weighted by atomic mass is 16.2. The van der Waals surface area contributed by atoms with Gasteiger partial charge in [0.15, 0.2) is 0 Å². The summed E-state index contributed by atoms with van der Waals surface area (Å²) >= 11 is 0. The van der Waals surface area contributed by atoms with Gasteiger partial charge >= 0.3 is 0 Å². The normalized spacial score (nSPS) is 19.6. The van der Waals surface area contributed by atoms with E-state index in [0.29, 0.717) is 18.9 Å². The molecule has 19 heavy (non-hydrogen) atoms. The van der Waals surface area contributed by atoms with E-state index < -0.39 is 0 Å². The van der Waals surface area contributed by atoms with Crippen LogP contribution in [0, 0.1) is 5.92 Å². The monoisotopic (exact) mass is 260 g/mol. The molecule has 0 aromatic heterocycles. The molecule has 0 spiro atoms. The third-order valence-corrected chi connectivity index (χ3v) is 4.31. The van der Waals surface area contributed by atoms with Crippen molar-refractivity contribution in [3.05, 3.63) is 35.4 Å². The number of rotatable bonds is 4. The van der Waals surface area contributed by atoms with Gasteiger partial charge in [-0.1, -0.05) is 24.3 Å². The molecule has 0 fully saturated rings. The zero-order valence-electron chi connectivity index (χ0n) is 11.9. The molecule has 0 bridgehead atoms. The first-order chi connectivity index (χ1) is 9.11. The molecule has 1 aliphatic carbocycles. The number of carbonyl (C=O) groups is 1. The van der Waals surface area contributed by atoms with E-state index in [4.69, 9.17) is 5.73 Å².